The molecule has 2 aliphatic rings. The first-order chi connectivity index (χ1) is 8.10. The normalized spacial score (nSPS) is 28.0. The van der Waals surface area contributed by atoms with E-state index in [1.807, 2.05) is 11.9 Å². The first-order valence-electron chi connectivity index (χ1n) is 6.76. The van der Waals surface area contributed by atoms with E-state index in [1.54, 1.807) is 0 Å². The predicted octanol–water partition coefficient (Wildman–Crippen LogP) is 0.700. The molecule has 2 rings (SSSR count). The highest BCUT2D eigenvalue weighted by Crippen LogP contribution is 2.28. The molecular formula is C13H24N2O2. The van der Waals surface area contributed by atoms with Crippen LogP contribution >= 0.6 is 0 Å². The van der Waals surface area contributed by atoms with Crippen molar-refractivity contribution in [1.29, 1.82) is 0 Å². The van der Waals surface area contributed by atoms with Gasteiger partial charge in [-0.1, -0.05) is 0 Å². The van der Waals surface area contributed by atoms with Crippen molar-refractivity contribution in [2.75, 3.05) is 26.7 Å². The Morgan fingerprint density at radius 2 is 2.00 bits per heavy atom. The maximum atomic E-state index is 12.1. The van der Waals surface area contributed by atoms with Gasteiger partial charge < -0.3 is 10.0 Å². The van der Waals surface area contributed by atoms with Crippen LogP contribution in [0.3, 0.4) is 0 Å². The van der Waals surface area contributed by atoms with Crippen molar-refractivity contribution in [1.82, 2.24) is 9.80 Å². The molecule has 4 heteroatoms. The number of hydrogen-bond donors (Lipinski definition) is 1. The van der Waals surface area contributed by atoms with Crippen molar-refractivity contribution in [3.8, 4) is 0 Å². The van der Waals surface area contributed by atoms with E-state index in [1.165, 1.54) is 12.8 Å². The second-order valence-electron chi connectivity index (χ2n) is 5.60. The Balaban J connectivity index is 1.69. The molecule has 2 saturated carbocycles. The average Bonchev–Trinajstić information content (AvgIpc) is 3.00. The van der Waals surface area contributed by atoms with Gasteiger partial charge in [0.05, 0.1) is 12.6 Å². The van der Waals surface area contributed by atoms with Gasteiger partial charge in [-0.15, -0.1) is 0 Å². The number of aliphatic hydroxyl groups is 1. The highest BCUT2D eigenvalue weighted by atomic mass is 16.3. The van der Waals surface area contributed by atoms with Gasteiger partial charge in [-0.2, -0.15) is 0 Å². The summed E-state index contributed by atoms with van der Waals surface area (Å²) in [7, 11) is 2.00. The van der Waals surface area contributed by atoms with Crippen molar-refractivity contribution in [3.63, 3.8) is 0 Å². The number of carbonyl (C=O) groups excluding carboxylic acids is 1. The molecule has 2 fully saturated rings. The SMILES string of the molecule is CCN(C(=O)CN(C)CC1CC(O)C1)C1CC1. The van der Waals surface area contributed by atoms with Crippen LogP contribution in [0, 0.1) is 5.92 Å². The zero-order valence-corrected chi connectivity index (χ0v) is 10.9. The molecule has 1 N–H and O–H groups in total. The summed E-state index contributed by atoms with van der Waals surface area (Å²) in [6.45, 7) is 4.35. The van der Waals surface area contributed by atoms with Gasteiger partial charge in [0.15, 0.2) is 0 Å². The Hall–Kier alpha value is -0.610. The highest BCUT2D eigenvalue weighted by molar-refractivity contribution is 5.78. The van der Waals surface area contributed by atoms with Crippen LogP contribution in [0.5, 0.6) is 0 Å². The summed E-state index contributed by atoms with van der Waals surface area (Å²) >= 11 is 0. The van der Waals surface area contributed by atoms with Crippen LogP contribution in [0.4, 0.5) is 0 Å². The molecule has 0 saturated heterocycles. The summed E-state index contributed by atoms with van der Waals surface area (Å²) in [5, 5.41) is 9.23. The Kier molecular flexibility index (Phi) is 4.05. The number of likely N-dealkylation sites (N-methyl/N-ethyl adjacent to an activating group) is 2. The number of aliphatic hydroxyl groups excluding tert-OH is 1. The second-order valence-corrected chi connectivity index (χ2v) is 5.60. The monoisotopic (exact) mass is 240 g/mol. The summed E-state index contributed by atoms with van der Waals surface area (Å²) in [6, 6.07) is 0.520. The highest BCUT2D eigenvalue weighted by Gasteiger charge is 2.32. The van der Waals surface area contributed by atoms with Crippen LogP contribution in [-0.2, 0) is 4.79 Å². The standard InChI is InChI=1S/C13H24N2O2/c1-3-15(11-4-5-11)13(17)9-14(2)8-10-6-12(16)7-10/h10-12,16H,3-9H2,1-2H3. The molecule has 0 spiro atoms. The van der Waals surface area contributed by atoms with Gasteiger partial charge in [-0.25, -0.2) is 0 Å². The molecule has 0 aliphatic heterocycles. The fraction of sp³-hybridized carbons (Fsp3) is 0.923. The van der Waals surface area contributed by atoms with Gasteiger partial charge in [-0.05, 0) is 45.6 Å². The average molecular weight is 240 g/mol. The lowest BCUT2D eigenvalue weighted by molar-refractivity contribution is -0.132. The molecule has 0 aromatic carbocycles. The minimum Gasteiger partial charge on any atom is -0.393 e. The van der Waals surface area contributed by atoms with Gasteiger partial charge in [0.25, 0.3) is 0 Å². The minimum absolute atomic E-state index is 0.0947. The predicted molar refractivity (Wildman–Crippen MR) is 66.6 cm³/mol. The largest absolute Gasteiger partial charge is 0.393 e. The third kappa shape index (κ3) is 3.42. The van der Waals surface area contributed by atoms with Gasteiger partial charge >= 0.3 is 0 Å². The quantitative estimate of drug-likeness (QED) is 0.743. The Morgan fingerprint density at radius 3 is 2.47 bits per heavy atom. The lowest BCUT2D eigenvalue weighted by Gasteiger charge is -2.34. The lowest BCUT2D eigenvalue weighted by Crippen LogP contribution is -2.43. The van der Waals surface area contributed by atoms with Gasteiger partial charge in [-0.3, -0.25) is 9.69 Å². The first-order valence-corrected chi connectivity index (χ1v) is 6.76. The van der Waals surface area contributed by atoms with Crippen molar-refractivity contribution in [3.05, 3.63) is 0 Å². The molecule has 4 nitrogen and oxygen atoms in total. The minimum atomic E-state index is -0.0947. The summed E-state index contributed by atoms with van der Waals surface area (Å²) in [4.78, 5) is 16.2. The number of rotatable bonds is 6. The van der Waals surface area contributed by atoms with E-state index in [0.717, 1.165) is 25.9 Å². The Bertz CT molecular complexity index is 273. The Labute approximate surface area is 104 Å². The molecule has 0 radical (unpaired) electrons. The van der Waals surface area contributed by atoms with Crippen molar-refractivity contribution < 1.29 is 9.90 Å². The summed E-state index contributed by atoms with van der Waals surface area (Å²) in [6.07, 6.45) is 4.07. The topological polar surface area (TPSA) is 43.8 Å². The molecule has 98 valence electrons. The molecule has 1 amide bonds. The molecule has 2 aliphatic carbocycles. The molecule has 0 unspecified atom stereocenters. The summed E-state index contributed by atoms with van der Waals surface area (Å²) in [5.74, 6) is 0.844. The zero-order valence-electron chi connectivity index (χ0n) is 10.9. The number of hydrogen-bond acceptors (Lipinski definition) is 3. The van der Waals surface area contributed by atoms with Crippen LogP contribution in [0.1, 0.15) is 32.6 Å². The summed E-state index contributed by atoms with van der Waals surface area (Å²) in [5.41, 5.74) is 0. The third-order valence-electron chi connectivity index (χ3n) is 3.83. The van der Waals surface area contributed by atoms with Crippen LogP contribution in [0.2, 0.25) is 0 Å². The van der Waals surface area contributed by atoms with Crippen LogP contribution in [0.15, 0.2) is 0 Å². The van der Waals surface area contributed by atoms with Crippen molar-refractivity contribution in [2.45, 2.75) is 44.8 Å². The van der Waals surface area contributed by atoms with Gasteiger partial charge in [0.1, 0.15) is 0 Å². The molecule has 0 aromatic heterocycles. The Morgan fingerprint density at radius 1 is 1.35 bits per heavy atom. The van der Waals surface area contributed by atoms with Gasteiger partial charge in [0, 0.05) is 19.1 Å². The van der Waals surface area contributed by atoms with Crippen LogP contribution in [0.25, 0.3) is 0 Å². The van der Waals surface area contributed by atoms with Crippen LogP contribution in [-0.4, -0.2) is 59.6 Å². The maximum Gasteiger partial charge on any atom is 0.236 e. The van der Waals surface area contributed by atoms with E-state index in [2.05, 4.69) is 11.8 Å². The number of carbonyl (C=O) groups is 1. The zero-order chi connectivity index (χ0) is 12.4. The first kappa shape index (κ1) is 12.8. The van der Waals surface area contributed by atoms with E-state index in [4.69, 9.17) is 0 Å². The smallest absolute Gasteiger partial charge is 0.236 e. The molecule has 0 atom stereocenters. The molecule has 17 heavy (non-hydrogen) atoms. The summed E-state index contributed by atoms with van der Waals surface area (Å²) < 4.78 is 0. The molecule has 0 bridgehead atoms. The lowest BCUT2D eigenvalue weighted by atomic mass is 9.82. The van der Waals surface area contributed by atoms with E-state index in [9.17, 15) is 9.90 Å². The van der Waals surface area contributed by atoms with Crippen molar-refractivity contribution >= 4 is 5.91 Å². The third-order valence-corrected chi connectivity index (χ3v) is 3.83. The number of nitrogens with zero attached hydrogens (tertiary/aromatic N) is 2. The molecule has 0 aromatic rings. The second kappa shape index (κ2) is 5.36. The van der Waals surface area contributed by atoms with E-state index < -0.39 is 0 Å². The van der Waals surface area contributed by atoms with E-state index in [0.29, 0.717) is 18.5 Å². The van der Waals surface area contributed by atoms with Gasteiger partial charge in [0.2, 0.25) is 5.91 Å². The van der Waals surface area contributed by atoms with E-state index >= 15 is 0 Å². The maximum absolute atomic E-state index is 12.1. The fourth-order valence-corrected chi connectivity index (χ4v) is 2.70. The molecular weight excluding hydrogens is 216 g/mol. The van der Waals surface area contributed by atoms with Crippen LogP contribution < -0.4 is 0 Å². The van der Waals surface area contributed by atoms with Crippen molar-refractivity contribution in [2.24, 2.45) is 5.92 Å². The van der Waals surface area contributed by atoms with E-state index in [-0.39, 0.29) is 12.0 Å². The molecule has 0 heterocycles. The fourth-order valence-electron chi connectivity index (χ4n) is 2.70. The number of amides is 1.